The lowest BCUT2D eigenvalue weighted by atomic mass is 10.1. The molecule has 0 radical (unpaired) electrons. The van der Waals surface area contributed by atoms with Crippen molar-refractivity contribution in [1.82, 2.24) is 14.5 Å². The maximum Gasteiger partial charge on any atom is 0.323 e. The first-order valence-corrected chi connectivity index (χ1v) is 8.07. The number of aromatic amines is 2. The summed E-state index contributed by atoms with van der Waals surface area (Å²) in [7, 11) is 0. The maximum atomic E-state index is 12.6. The molecule has 0 saturated heterocycles. The first-order valence-electron chi connectivity index (χ1n) is 8.07. The molecule has 27 heavy (non-hydrogen) atoms. The van der Waals surface area contributed by atoms with Crippen molar-refractivity contribution < 1.29 is 10.2 Å². The molecule has 2 heterocycles. The number of fused-ring (bicyclic) bond motifs is 1. The van der Waals surface area contributed by atoms with Crippen LogP contribution in [0.2, 0.25) is 0 Å². The Hall–Kier alpha value is -3.71. The average Bonchev–Trinajstić information content (AvgIpc) is 3.01. The third-order valence-electron chi connectivity index (χ3n) is 4.07. The second-order valence-corrected chi connectivity index (χ2v) is 5.83. The molecule has 2 aromatic heterocycles. The van der Waals surface area contributed by atoms with E-state index < -0.39 is 11.4 Å². The summed E-state index contributed by atoms with van der Waals surface area (Å²) in [5.41, 5.74) is 0.632. The molecule has 10 nitrogen and oxygen atoms in total. The van der Waals surface area contributed by atoms with Crippen LogP contribution >= 0.6 is 0 Å². The summed E-state index contributed by atoms with van der Waals surface area (Å²) in [6.45, 7) is 1.36. The summed E-state index contributed by atoms with van der Waals surface area (Å²) in [5.74, 6) is -0.460. The molecule has 0 saturated carbocycles. The summed E-state index contributed by atoms with van der Waals surface area (Å²) < 4.78 is 0.989. The van der Waals surface area contributed by atoms with Gasteiger partial charge in [0.1, 0.15) is 11.6 Å². The van der Waals surface area contributed by atoms with E-state index in [-0.39, 0.29) is 42.1 Å². The van der Waals surface area contributed by atoms with Gasteiger partial charge in [0.15, 0.2) is 5.69 Å². The van der Waals surface area contributed by atoms with Crippen molar-refractivity contribution in [3.63, 3.8) is 0 Å². The van der Waals surface area contributed by atoms with Crippen LogP contribution in [0, 0.1) is 18.3 Å². The summed E-state index contributed by atoms with van der Waals surface area (Å²) in [6, 6.07) is 6.70. The van der Waals surface area contributed by atoms with Gasteiger partial charge in [-0.2, -0.15) is 10.4 Å². The number of hydrogen-bond acceptors (Lipinski definition) is 7. The predicted molar refractivity (Wildman–Crippen MR) is 96.6 cm³/mol. The molecule has 0 bridgehead atoms. The van der Waals surface area contributed by atoms with E-state index in [1.165, 1.54) is 6.92 Å². The van der Waals surface area contributed by atoms with Gasteiger partial charge in [-0.15, -0.1) is 5.11 Å². The minimum atomic E-state index is -0.614. The normalized spacial score (nSPS) is 11.3. The minimum absolute atomic E-state index is 0.0369. The molecule has 10 heteroatoms. The van der Waals surface area contributed by atoms with Crippen molar-refractivity contribution in [3.05, 3.63) is 50.2 Å². The largest absolute Gasteiger partial charge is 0.493 e. The monoisotopic (exact) mass is 368 g/mol. The highest BCUT2D eigenvalue weighted by Crippen LogP contribution is 2.27. The molecule has 3 aromatic rings. The van der Waals surface area contributed by atoms with E-state index in [4.69, 9.17) is 5.11 Å². The van der Waals surface area contributed by atoms with E-state index >= 15 is 0 Å². The van der Waals surface area contributed by atoms with Crippen molar-refractivity contribution in [2.24, 2.45) is 10.2 Å². The average molecular weight is 368 g/mol. The van der Waals surface area contributed by atoms with Crippen molar-refractivity contribution in [2.75, 3.05) is 6.61 Å². The highest BCUT2D eigenvalue weighted by atomic mass is 16.3. The van der Waals surface area contributed by atoms with Crippen molar-refractivity contribution in [2.45, 2.75) is 19.9 Å². The summed E-state index contributed by atoms with van der Waals surface area (Å²) >= 11 is 0. The number of benzene rings is 1. The van der Waals surface area contributed by atoms with Gasteiger partial charge in [-0.05, 0) is 31.5 Å². The lowest BCUT2D eigenvalue weighted by Crippen LogP contribution is -2.22. The molecule has 0 aliphatic carbocycles. The van der Waals surface area contributed by atoms with Gasteiger partial charge in [0, 0.05) is 18.7 Å². The number of nitrogens with one attached hydrogen (secondary N) is 2. The fourth-order valence-corrected chi connectivity index (χ4v) is 2.68. The number of aromatic hydroxyl groups is 1. The number of pyridine rings is 1. The summed E-state index contributed by atoms with van der Waals surface area (Å²) in [4.78, 5) is 29.1. The van der Waals surface area contributed by atoms with Crippen molar-refractivity contribution >= 4 is 22.4 Å². The fraction of sp³-hybridized carbons (Fsp3) is 0.235. The van der Waals surface area contributed by atoms with E-state index in [0.717, 1.165) is 4.57 Å². The lowest BCUT2D eigenvalue weighted by Gasteiger charge is -2.12. The Morgan fingerprint density at radius 1 is 1.22 bits per heavy atom. The summed E-state index contributed by atoms with van der Waals surface area (Å²) in [5, 5.41) is 36.4. The van der Waals surface area contributed by atoms with E-state index in [1.54, 1.807) is 18.2 Å². The van der Waals surface area contributed by atoms with Gasteiger partial charge in [-0.3, -0.25) is 9.36 Å². The zero-order valence-electron chi connectivity index (χ0n) is 14.4. The van der Waals surface area contributed by atoms with E-state index in [0.29, 0.717) is 16.7 Å². The van der Waals surface area contributed by atoms with Crippen LogP contribution in [-0.4, -0.2) is 31.4 Å². The number of nitriles is 1. The number of aliphatic hydroxyl groups excluding tert-OH is 1. The Kier molecular flexibility index (Phi) is 4.87. The maximum absolute atomic E-state index is 12.6. The van der Waals surface area contributed by atoms with Gasteiger partial charge >= 0.3 is 5.69 Å². The molecular formula is C17H16N6O4. The van der Waals surface area contributed by atoms with Gasteiger partial charge in [0.05, 0.1) is 16.7 Å². The third-order valence-corrected chi connectivity index (χ3v) is 4.07. The predicted octanol–water partition coefficient (Wildman–Crippen LogP) is 1.70. The van der Waals surface area contributed by atoms with Crippen LogP contribution in [0.3, 0.4) is 0 Å². The van der Waals surface area contributed by atoms with Gasteiger partial charge in [-0.1, -0.05) is 0 Å². The standard InChI is InChI=1S/C17H16N6O4/c1-9-11(8-18)15(25)23(5-2-6-24)16(26)14(9)22-21-10-3-4-12-13(7-10)20-17(27)19-12/h3-4,7,24-25H,2,5-6H2,1H3,(H2,19,20,27). The molecular weight excluding hydrogens is 352 g/mol. The van der Waals surface area contributed by atoms with E-state index in [1.807, 2.05) is 6.07 Å². The number of azo groups is 1. The van der Waals surface area contributed by atoms with Crippen molar-refractivity contribution in [1.29, 1.82) is 5.26 Å². The molecule has 0 unspecified atom stereocenters. The molecule has 0 amide bonds. The first kappa shape index (κ1) is 18.1. The van der Waals surface area contributed by atoms with E-state index in [9.17, 15) is 20.0 Å². The highest BCUT2D eigenvalue weighted by molar-refractivity contribution is 5.77. The Morgan fingerprint density at radius 2 is 1.96 bits per heavy atom. The zero-order chi connectivity index (χ0) is 19.6. The summed E-state index contributed by atoms with van der Waals surface area (Å²) in [6.07, 6.45) is 0.232. The molecule has 0 aliphatic rings. The number of aliphatic hydroxyl groups is 1. The van der Waals surface area contributed by atoms with Gasteiger partial charge in [-0.25, -0.2) is 4.79 Å². The second kappa shape index (κ2) is 7.27. The molecule has 0 aliphatic heterocycles. The Morgan fingerprint density at radius 3 is 2.67 bits per heavy atom. The highest BCUT2D eigenvalue weighted by Gasteiger charge is 2.18. The topological polar surface area (TPSA) is 160 Å². The number of rotatable bonds is 5. The molecule has 138 valence electrons. The molecule has 0 fully saturated rings. The van der Waals surface area contributed by atoms with Crippen LogP contribution in [0.4, 0.5) is 11.4 Å². The number of hydrogen-bond donors (Lipinski definition) is 4. The Bertz CT molecular complexity index is 1200. The van der Waals surface area contributed by atoms with Gasteiger partial charge < -0.3 is 20.2 Å². The van der Waals surface area contributed by atoms with Gasteiger partial charge in [0.25, 0.3) is 5.56 Å². The number of H-pyrrole nitrogens is 2. The quantitative estimate of drug-likeness (QED) is 0.503. The van der Waals surface area contributed by atoms with E-state index in [2.05, 4.69) is 20.2 Å². The number of nitrogens with zero attached hydrogens (tertiary/aromatic N) is 4. The molecule has 0 spiro atoms. The Balaban J connectivity index is 2.09. The molecule has 1 aromatic carbocycles. The van der Waals surface area contributed by atoms with Crippen LogP contribution in [0.25, 0.3) is 11.0 Å². The smallest absolute Gasteiger partial charge is 0.323 e. The van der Waals surface area contributed by atoms with Crippen LogP contribution in [0.5, 0.6) is 5.88 Å². The molecule has 4 N–H and O–H groups in total. The molecule has 3 rings (SSSR count). The number of aromatic nitrogens is 3. The minimum Gasteiger partial charge on any atom is -0.493 e. The van der Waals surface area contributed by atoms with Crippen LogP contribution in [0.15, 0.2) is 38.0 Å². The number of imidazole rings is 1. The van der Waals surface area contributed by atoms with Gasteiger partial charge in [0.2, 0.25) is 5.88 Å². The van der Waals surface area contributed by atoms with Crippen LogP contribution in [0.1, 0.15) is 17.5 Å². The Labute approximate surface area is 152 Å². The lowest BCUT2D eigenvalue weighted by molar-refractivity contribution is 0.274. The van der Waals surface area contributed by atoms with Crippen molar-refractivity contribution in [3.8, 4) is 11.9 Å². The SMILES string of the molecule is Cc1c(C#N)c(O)n(CCCO)c(=O)c1N=Nc1ccc2[nH]c(=O)[nH]c2c1. The van der Waals surface area contributed by atoms with Crippen LogP contribution in [-0.2, 0) is 6.54 Å². The van der Waals surface area contributed by atoms with Crippen LogP contribution < -0.4 is 11.2 Å². The zero-order valence-corrected chi connectivity index (χ0v) is 14.4. The third kappa shape index (κ3) is 3.36. The first-order chi connectivity index (χ1) is 13.0. The fourth-order valence-electron chi connectivity index (χ4n) is 2.68. The molecule has 0 atom stereocenters. The second-order valence-electron chi connectivity index (χ2n) is 5.83.